The van der Waals surface area contributed by atoms with Gasteiger partial charge in [0.25, 0.3) is 5.69 Å². The number of carboxylic acids is 2. The molecule has 0 spiro atoms. The third-order valence-corrected chi connectivity index (χ3v) is 4.92. The third kappa shape index (κ3) is 6.61. The van der Waals surface area contributed by atoms with E-state index in [1.54, 1.807) is 18.2 Å². The smallest absolute Gasteiger partial charge is 0.414 e. The molecule has 0 amide bonds. The van der Waals surface area contributed by atoms with E-state index in [4.69, 9.17) is 19.8 Å². The lowest BCUT2D eigenvalue weighted by Gasteiger charge is -2.36. The zero-order chi connectivity index (χ0) is 19.8. The highest BCUT2D eigenvalue weighted by atomic mass is 16.6. The molecule has 2 heterocycles. The predicted octanol–water partition coefficient (Wildman–Crippen LogP) is 1.81. The van der Waals surface area contributed by atoms with Crippen molar-refractivity contribution in [2.45, 2.75) is 38.3 Å². The van der Waals surface area contributed by atoms with Crippen molar-refractivity contribution in [2.75, 3.05) is 26.2 Å². The van der Waals surface area contributed by atoms with Crippen LogP contribution in [0, 0.1) is 10.1 Å². The van der Waals surface area contributed by atoms with Gasteiger partial charge >= 0.3 is 11.9 Å². The number of carbonyl (C=O) groups is 2. The van der Waals surface area contributed by atoms with Gasteiger partial charge in [-0.25, -0.2) is 9.59 Å². The van der Waals surface area contributed by atoms with Crippen LogP contribution in [0.5, 0.6) is 0 Å². The maximum atomic E-state index is 10.8. The van der Waals surface area contributed by atoms with E-state index >= 15 is 0 Å². The van der Waals surface area contributed by atoms with Gasteiger partial charge in [0.15, 0.2) is 0 Å². The highest BCUT2D eigenvalue weighted by Gasteiger charge is 2.26. The zero-order valence-corrected chi connectivity index (χ0v) is 15.1. The van der Waals surface area contributed by atoms with Crippen molar-refractivity contribution in [3.63, 3.8) is 0 Å². The van der Waals surface area contributed by atoms with Gasteiger partial charge in [0, 0.05) is 24.7 Å². The summed E-state index contributed by atoms with van der Waals surface area (Å²) in [4.78, 5) is 33.8. The first-order chi connectivity index (χ1) is 12.9. The topological polar surface area (TPSA) is 124 Å². The molecule has 1 aromatic rings. The number of aliphatic carboxylic acids is 2. The molecule has 9 heteroatoms. The second-order valence-corrected chi connectivity index (χ2v) is 6.79. The summed E-state index contributed by atoms with van der Waals surface area (Å²) < 4.78 is 0. The highest BCUT2D eigenvalue weighted by Crippen LogP contribution is 2.22. The summed E-state index contributed by atoms with van der Waals surface area (Å²) in [6, 6.07) is 7.79. The van der Waals surface area contributed by atoms with E-state index in [9.17, 15) is 10.1 Å². The van der Waals surface area contributed by atoms with Gasteiger partial charge in [-0.1, -0.05) is 12.1 Å². The Morgan fingerprint density at radius 1 is 1.07 bits per heavy atom. The summed E-state index contributed by atoms with van der Waals surface area (Å²) in [5.41, 5.74) is 1.24. The quantitative estimate of drug-likeness (QED) is 0.461. The molecule has 148 valence electrons. The SMILES string of the molecule is O=C(O)C(=O)O.O=[N+]([O-])c1cccc(CN2CCC(N3CCCC3)CC2)c1. The molecule has 27 heavy (non-hydrogen) atoms. The Hall–Kier alpha value is -2.52. The van der Waals surface area contributed by atoms with Crippen LogP contribution in [-0.2, 0) is 16.1 Å². The summed E-state index contributed by atoms with van der Waals surface area (Å²) in [6.07, 6.45) is 5.17. The number of hydrogen-bond donors (Lipinski definition) is 2. The van der Waals surface area contributed by atoms with Crippen molar-refractivity contribution in [3.05, 3.63) is 39.9 Å². The van der Waals surface area contributed by atoms with Crippen LogP contribution in [0.2, 0.25) is 0 Å². The molecule has 2 aliphatic heterocycles. The Bertz CT molecular complexity index is 655. The van der Waals surface area contributed by atoms with Crippen molar-refractivity contribution < 1.29 is 24.7 Å². The summed E-state index contributed by atoms with van der Waals surface area (Å²) >= 11 is 0. The molecule has 9 nitrogen and oxygen atoms in total. The number of non-ortho nitro benzene ring substituents is 1. The van der Waals surface area contributed by atoms with E-state index in [1.807, 2.05) is 6.07 Å². The van der Waals surface area contributed by atoms with Gasteiger partial charge in [0.1, 0.15) is 0 Å². The minimum Gasteiger partial charge on any atom is -0.473 e. The molecule has 0 atom stereocenters. The van der Waals surface area contributed by atoms with Crippen LogP contribution in [0.25, 0.3) is 0 Å². The number of rotatable bonds is 4. The Morgan fingerprint density at radius 3 is 2.19 bits per heavy atom. The van der Waals surface area contributed by atoms with E-state index in [0.29, 0.717) is 0 Å². The van der Waals surface area contributed by atoms with Gasteiger partial charge in [0.05, 0.1) is 4.92 Å². The van der Waals surface area contributed by atoms with Crippen LogP contribution in [0.3, 0.4) is 0 Å². The van der Waals surface area contributed by atoms with Gasteiger partial charge in [-0.05, 0) is 57.4 Å². The number of hydrogen-bond acceptors (Lipinski definition) is 6. The predicted molar refractivity (Wildman–Crippen MR) is 97.5 cm³/mol. The first kappa shape index (κ1) is 20.8. The largest absolute Gasteiger partial charge is 0.473 e. The van der Waals surface area contributed by atoms with Gasteiger partial charge < -0.3 is 15.1 Å². The van der Waals surface area contributed by atoms with Gasteiger partial charge in [-0.2, -0.15) is 0 Å². The number of nitrogens with zero attached hydrogens (tertiary/aromatic N) is 3. The minimum absolute atomic E-state index is 0.194. The van der Waals surface area contributed by atoms with Crippen LogP contribution < -0.4 is 0 Å². The van der Waals surface area contributed by atoms with Crippen molar-refractivity contribution in [3.8, 4) is 0 Å². The Labute approximate surface area is 157 Å². The zero-order valence-electron chi connectivity index (χ0n) is 15.1. The Morgan fingerprint density at radius 2 is 1.67 bits per heavy atom. The highest BCUT2D eigenvalue weighted by molar-refractivity contribution is 6.27. The van der Waals surface area contributed by atoms with Gasteiger partial charge in [-0.15, -0.1) is 0 Å². The fraction of sp³-hybridized carbons (Fsp3) is 0.556. The molecular formula is C18H25N3O6. The van der Waals surface area contributed by atoms with Crippen molar-refractivity contribution in [1.29, 1.82) is 0 Å². The first-order valence-corrected chi connectivity index (χ1v) is 9.02. The number of piperidine rings is 1. The Kier molecular flexibility index (Phi) is 7.68. The van der Waals surface area contributed by atoms with Gasteiger partial charge in [0.2, 0.25) is 0 Å². The molecule has 1 aromatic carbocycles. The lowest BCUT2D eigenvalue weighted by molar-refractivity contribution is -0.384. The van der Waals surface area contributed by atoms with Crippen LogP contribution in [0.15, 0.2) is 24.3 Å². The fourth-order valence-corrected chi connectivity index (χ4v) is 3.58. The maximum Gasteiger partial charge on any atom is 0.414 e. The van der Waals surface area contributed by atoms with E-state index in [2.05, 4.69) is 9.80 Å². The fourth-order valence-electron chi connectivity index (χ4n) is 3.58. The lowest BCUT2D eigenvalue weighted by Crippen LogP contribution is -2.43. The number of likely N-dealkylation sites (tertiary alicyclic amines) is 2. The van der Waals surface area contributed by atoms with Gasteiger partial charge in [-0.3, -0.25) is 15.0 Å². The molecule has 0 bridgehead atoms. The average Bonchev–Trinajstić information content (AvgIpc) is 3.18. The van der Waals surface area contributed by atoms with E-state index in [1.165, 1.54) is 38.8 Å². The van der Waals surface area contributed by atoms with E-state index in [-0.39, 0.29) is 10.6 Å². The number of nitro groups is 1. The van der Waals surface area contributed by atoms with Crippen LogP contribution >= 0.6 is 0 Å². The molecular weight excluding hydrogens is 354 g/mol. The first-order valence-electron chi connectivity index (χ1n) is 9.02. The molecule has 2 fully saturated rings. The molecule has 2 saturated heterocycles. The Balaban J connectivity index is 0.000000380. The molecule has 2 aliphatic rings. The molecule has 3 rings (SSSR count). The average molecular weight is 379 g/mol. The standard InChI is InChI=1S/C16H23N3O2.C2H2O4/c20-19(21)16-5-3-4-14(12-16)13-17-10-6-15(7-11-17)18-8-1-2-9-18;3-1(4)2(5)6/h3-5,12,15H,1-2,6-11,13H2;(H,3,4)(H,5,6). The molecule has 2 N–H and O–H groups in total. The van der Waals surface area contributed by atoms with Crippen LogP contribution in [0.1, 0.15) is 31.2 Å². The second kappa shape index (κ2) is 9.98. The van der Waals surface area contributed by atoms with Crippen LogP contribution in [-0.4, -0.2) is 69.1 Å². The molecule has 0 unspecified atom stereocenters. The van der Waals surface area contributed by atoms with Crippen molar-refractivity contribution >= 4 is 17.6 Å². The van der Waals surface area contributed by atoms with E-state index in [0.717, 1.165) is 31.2 Å². The normalized spacial score (nSPS) is 18.5. The molecule has 0 saturated carbocycles. The second-order valence-electron chi connectivity index (χ2n) is 6.79. The number of nitro benzene ring substituents is 1. The summed E-state index contributed by atoms with van der Waals surface area (Å²) in [5.74, 6) is -3.65. The monoisotopic (exact) mass is 379 g/mol. The minimum atomic E-state index is -1.82. The lowest BCUT2D eigenvalue weighted by atomic mass is 10.0. The number of carboxylic acid groups (broad SMARTS) is 2. The van der Waals surface area contributed by atoms with E-state index < -0.39 is 11.9 Å². The molecule has 0 aliphatic carbocycles. The van der Waals surface area contributed by atoms with Crippen LogP contribution in [0.4, 0.5) is 5.69 Å². The number of benzene rings is 1. The molecule has 0 radical (unpaired) electrons. The summed E-state index contributed by atoms with van der Waals surface area (Å²) in [6.45, 7) is 5.58. The summed E-state index contributed by atoms with van der Waals surface area (Å²) in [7, 11) is 0. The maximum absolute atomic E-state index is 10.8. The third-order valence-electron chi connectivity index (χ3n) is 4.92. The van der Waals surface area contributed by atoms with Crippen molar-refractivity contribution in [2.24, 2.45) is 0 Å². The van der Waals surface area contributed by atoms with Crippen molar-refractivity contribution in [1.82, 2.24) is 9.80 Å². The summed E-state index contributed by atoms with van der Waals surface area (Å²) in [5, 5.41) is 25.6. The molecule has 0 aromatic heterocycles.